The first-order valence-electron chi connectivity index (χ1n) is 32.9. The van der Waals surface area contributed by atoms with Crippen LogP contribution in [0, 0.1) is 13.7 Å². The lowest BCUT2D eigenvalue weighted by atomic mass is 9.79. The fraction of sp³-hybridized carbons (Fsp3) is 0.185. The van der Waals surface area contributed by atoms with Crippen molar-refractivity contribution in [3.8, 4) is 34.1 Å². The van der Waals surface area contributed by atoms with E-state index in [4.69, 9.17) is 30.3 Å². The summed E-state index contributed by atoms with van der Waals surface area (Å²) in [6.07, 6.45) is 1.14. The number of aryl methyl sites for hydroxylation is 2. The summed E-state index contributed by atoms with van der Waals surface area (Å²) in [5.74, 6) is 0.314. The molecule has 3 aromatic heterocycles. The van der Waals surface area contributed by atoms with Crippen molar-refractivity contribution >= 4 is 60.7 Å². The van der Waals surface area contributed by atoms with Gasteiger partial charge in [-0.15, -0.1) is 0 Å². The molecule has 8 aromatic carbocycles. The van der Waals surface area contributed by atoms with Crippen LogP contribution in [0.5, 0.6) is 11.5 Å². The van der Waals surface area contributed by atoms with Crippen LogP contribution < -0.4 is 14.5 Å². The van der Waals surface area contributed by atoms with Gasteiger partial charge in [-0.1, -0.05) is 163 Å². The summed E-state index contributed by atoms with van der Waals surface area (Å²) in [7, 11) is 0. The Hall–Kier alpha value is -8.09. The second-order valence-corrected chi connectivity index (χ2v) is 20.0. The van der Waals surface area contributed by atoms with Crippen LogP contribution >= 0.6 is 0 Å². The smallest absolute Gasteiger partial charge is 0.137 e. The largest absolute Gasteiger partial charge is 0.457 e. The second-order valence-electron chi connectivity index (χ2n) is 20.0. The van der Waals surface area contributed by atoms with Crippen molar-refractivity contribution in [1.29, 1.82) is 0 Å². The van der Waals surface area contributed by atoms with E-state index in [-0.39, 0.29) is 84.5 Å². The van der Waals surface area contributed by atoms with Crippen molar-refractivity contribution in [1.82, 2.24) is 14.1 Å². The molecule has 0 unspecified atom stereocenters. The highest BCUT2D eigenvalue weighted by Crippen LogP contribution is 2.46. The van der Waals surface area contributed by atoms with E-state index in [1.807, 2.05) is 17.0 Å². The van der Waals surface area contributed by atoms with Crippen LogP contribution in [0.2, 0.25) is 0 Å². The Bertz CT molecular complexity index is 4740. The van der Waals surface area contributed by atoms with Gasteiger partial charge in [0, 0.05) is 72.0 Å². The average molecular weight is 945 g/mol. The predicted octanol–water partition coefficient (Wildman–Crippen LogP) is 17.1. The molecule has 6 nitrogen and oxygen atoms in total. The van der Waals surface area contributed by atoms with E-state index in [9.17, 15) is 5.48 Å². The van der Waals surface area contributed by atoms with Gasteiger partial charge < -0.3 is 19.1 Å². The first-order valence-corrected chi connectivity index (χ1v) is 23.4. The molecule has 0 saturated carbocycles. The third-order valence-corrected chi connectivity index (χ3v) is 13.3. The fourth-order valence-corrected chi connectivity index (χ4v) is 9.81. The highest BCUT2D eigenvalue weighted by Gasteiger charge is 2.30. The summed E-state index contributed by atoms with van der Waals surface area (Å²) in [6, 6.07) is 22.3. The van der Waals surface area contributed by atoms with Gasteiger partial charge in [0.2, 0.25) is 0 Å². The minimum atomic E-state index is -2.97. The number of anilines is 3. The third-order valence-electron chi connectivity index (χ3n) is 13.3. The molecule has 0 bridgehead atoms. The summed E-state index contributed by atoms with van der Waals surface area (Å²) in [5.41, 5.74) is 4.29. The molecule has 71 heavy (non-hydrogen) atoms. The Morgan fingerprint density at radius 2 is 1.27 bits per heavy atom. The van der Waals surface area contributed by atoms with Crippen LogP contribution in [-0.4, -0.2) is 20.8 Å². The van der Waals surface area contributed by atoms with Gasteiger partial charge >= 0.3 is 0 Å². The summed E-state index contributed by atoms with van der Waals surface area (Å²) in [5, 5.41) is 0.445. The highest BCUT2D eigenvalue weighted by atomic mass is 16.5. The topological polar surface area (TPSA) is 38.5 Å². The zero-order chi connectivity index (χ0) is 65.1. The minimum absolute atomic E-state index is 0.0203. The Kier molecular flexibility index (Phi) is 6.61. The molecule has 0 saturated heterocycles. The summed E-state index contributed by atoms with van der Waals surface area (Å²) in [6.45, 7) is 8.13. The molecule has 0 amide bonds. The average Bonchev–Trinajstić information content (AvgIpc) is 1.53. The lowest BCUT2D eigenvalue weighted by molar-refractivity contribution is 0.483. The first-order chi connectivity index (χ1) is 42.1. The summed E-state index contributed by atoms with van der Waals surface area (Å²) >= 11 is 0. The zero-order valence-corrected chi connectivity index (χ0v) is 40.0. The lowest BCUT2D eigenvalue weighted by Crippen LogP contribution is -2.28. The Labute approximate surface area is 443 Å². The third kappa shape index (κ3) is 7.70. The molecule has 0 fully saturated rings. The van der Waals surface area contributed by atoms with E-state index in [2.05, 4.69) is 64.6 Å². The SMILES string of the molecule is [2H]c1c([2H])c([2H])c(-c2cnc(-n3c4ccccc4c4c(-n5c6c([2H])c([2H])c([2H])c([2H])c6c6c([2H])c([2H])c([2H])c([2H])c65)cc(Oc5cccc(N6CN(Cc7cc(C(C)(C)C)cc(C(C)(C)C)c7)c7c6cccc7C([2H])([2H])[2H])c5)cc43)cc2C([2H])([2H])[2H])c([2H])c1[2H]. The van der Waals surface area contributed by atoms with E-state index in [1.54, 1.807) is 71.3 Å². The molecule has 1 aliphatic heterocycles. The van der Waals surface area contributed by atoms with Gasteiger partial charge in [0.15, 0.2) is 0 Å². The van der Waals surface area contributed by atoms with Gasteiger partial charge in [-0.2, -0.15) is 0 Å². The molecule has 0 atom stereocenters. The van der Waals surface area contributed by atoms with Gasteiger partial charge in [-0.05, 0) is 100 Å². The molecular weight excluding hydrogens is 867 g/mol. The quantitative estimate of drug-likeness (QED) is 0.152. The molecule has 12 rings (SSSR count). The molecule has 4 heterocycles. The van der Waals surface area contributed by atoms with Crippen LogP contribution in [0.3, 0.4) is 0 Å². The Balaban J connectivity index is 1.10. The molecule has 6 heteroatoms. The number of para-hydroxylation sites is 4. The van der Waals surface area contributed by atoms with Crippen molar-refractivity contribution in [2.45, 2.75) is 72.6 Å². The predicted molar refractivity (Wildman–Crippen MR) is 298 cm³/mol. The molecule has 350 valence electrons. The molecular formula is C65H59N5O. The van der Waals surface area contributed by atoms with Crippen LogP contribution in [-0.2, 0) is 17.4 Å². The van der Waals surface area contributed by atoms with Crippen LogP contribution in [0.25, 0.3) is 66.2 Å². The van der Waals surface area contributed by atoms with E-state index in [1.165, 1.54) is 10.6 Å². The number of hydrogen-bond donors (Lipinski definition) is 0. The van der Waals surface area contributed by atoms with Gasteiger partial charge in [-0.3, -0.25) is 4.57 Å². The van der Waals surface area contributed by atoms with Crippen molar-refractivity contribution < 1.29 is 30.8 Å². The van der Waals surface area contributed by atoms with Crippen LogP contribution in [0.1, 0.15) is 95.4 Å². The van der Waals surface area contributed by atoms with Gasteiger partial charge in [0.1, 0.15) is 17.3 Å². The number of hydrogen-bond acceptors (Lipinski definition) is 4. The molecule has 0 radical (unpaired) electrons. The molecule has 0 aliphatic carbocycles. The number of ether oxygens (including phenoxy) is 1. The zero-order valence-electron chi connectivity index (χ0n) is 59.0. The molecule has 0 spiro atoms. The van der Waals surface area contributed by atoms with Gasteiger partial charge in [-0.25, -0.2) is 4.98 Å². The maximum absolute atomic E-state index is 9.50. The maximum Gasteiger partial charge on any atom is 0.137 e. The normalized spacial score (nSPS) is 17.2. The van der Waals surface area contributed by atoms with Crippen molar-refractivity contribution in [2.75, 3.05) is 16.5 Å². The van der Waals surface area contributed by atoms with Crippen molar-refractivity contribution in [3.05, 3.63) is 216 Å². The molecule has 1 aliphatic rings. The number of pyridine rings is 1. The standard InChI is InChI=1S/C65H59N5O/c1-42-20-18-31-58-63(42)67(40-44-33-46(64(3,4)5)35-47(34-44)65(6,7)8)41-68(58)48-23-19-24-49(36-48)71-50-37-59(69-55-28-15-12-25-51(55)52-26-13-16-29-56(52)69)62-53-27-14-17-30-57(53)70(60(62)38-50)61-32-43(2)54(39-66-61)45-21-10-9-11-22-45/h9-39H,40-41H2,1-8H3/i1D3,2D3,9D,10D,11D,12D,13D,15D,16D,21D,22D,25D,26D,28D,29D. The minimum Gasteiger partial charge on any atom is -0.457 e. The maximum atomic E-state index is 9.50. The number of nitrogens with zero attached hydrogens (tertiary/aromatic N) is 5. The van der Waals surface area contributed by atoms with Crippen LogP contribution in [0.4, 0.5) is 17.1 Å². The fourth-order valence-electron chi connectivity index (χ4n) is 9.81. The van der Waals surface area contributed by atoms with E-state index in [0.29, 0.717) is 39.9 Å². The monoisotopic (exact) mass is 945 g/mol. The lowest BCUT2D eigenvalue weighted by Gasteiger charge is -2.28. The number of fused-ring (bicyclic) bond motifs is 7. The van der Waals surface area contributed by atoms with E-state index < -0.39 is 97.8 Å². The number of rotatable bonds is 8. The number of aromatic nitrogens is 3. The van der Waals surface area contributed by atoms with Crippen molar-refractivity contribution in [3.63, 3.8) is 0 Å². The van der Waals surface area contributed by atoms with Gasteiger partial charge in [0.25, 0.3) is 0 Å². The molecule has 11 aromatic rings. The van der Waals surface area contributed by atoms with E-state index >= 15 is 0 Å². The van der Waals surface area contributed by atoms with Gasteiger partial charge in [0.05, 0.1) is 63.6 Å². The Morgan fingerprint density at radius 3 is 1.99 bits per heavy atom. The Morgan fingerprint density at radius 1 is 0.577 bits per heavy atom. The highest BCUT2D eigenvalue weighted by molar-refractivity contribution is 6.16. The summed E-state index contributed by atoms with van der Waals surface area (Å²) < 4.78 is 178. The van der Waals surface area contributed by atoms with Crippen LogP contribution in [0.15, 0.2) is 188 Å². The van der Waals surface area contributed by atoms with E-state index in [0.717, 1.165) is 22.9 Å². The second kappa shape index (κ2) is 16.8. The van der Waals surface area contributed by atoms with Crippen molar-refractivity contribution in [2.24, 2.45) is 0 Å². The number of benzene rings is 8. The summed E-state index contributed by atoms with van der Waals surface area (Å²) in [4.78, 5) is 8.85. The molecule has 0 N–H and O–H groups in total. The first kappa shape index (κ1) is 27.9.